The minimum absolute atomic E-state index is 0.0126. The molecule has 0 N–H and O–H groups in total. The van der Waals surface area contributed by atoms with Gasteiger partial charge in [-0.2, -0.15) is 0 Å². The molecule has 0 spiro atoms. The number of Topliss-reactive ketones (excluding diaryl/α,β-unsaturated/α-hetero) is 1. The van der Waals surface area contributed by atoms with Gasteiger partial charge in [-0.05, 0) is 20.9 Å². The Morgan fingerprint density at radius 2 is 1.67 bits per heavy atom. The fraction of sp³-hybridized carbons (Fsp3) is 0.533. The van der Waals surface area contributed by atoms with Gasteiger partial charge >= 0.3 is 0 Å². The molecule has 18 heavy (non-hydrogen) atoms. The van der Waals surface area contributed by atoms with Gasteiger partial charge in [0.25, 0.3) is 0 Å². The summed E-state index contributed by atoms with van der Waals surface area (Å²) >= 11 is 0. The van der Waals surface area contributed by atoms with Crippen molar-refractivity contribution in [3.63, 3.8) is 0 Å². The van der Waals surface area contributed by atoms with Crippen LogP contribution < -0.4 is 0 Å². The number of likely N-dealkylation sites (N-methyl/N-ethyl adjacent to an activating group) is 1. The molecule has 1 atom stereocenters. The molecule has 0 amide bonds. The van der Waals surface area contributed by atoms with E-state index in [9.17, 15) is 4.79 Å². The first-order chi connectivity index (χ1) is 8.58. The van der Waals surface area contributed by atoms with E-state index < -0.39 is 0 Å². The zero-order valence-corrected chi connectivity index (χ0v) is 11.5. The van der Waals surface area contributed by atoms with E-state index in [1.54, 1.807) is 0 Å². The molecule has 1 aromatic carbocycles. The summed E-state index contributed by atoms with van der Waals surface area (Å²) in [6.07, 6.45) is 0. The van der Waals surface area contributed by atoms with E-state index in [2.05, 4.69) is 16.8 Å². The fourth-order valence-corrected chi connectivity index (χ4v) is 2.33. The smallest absolute Gasteiger partial charge is 0.179 e. The predicted molar refractivity (Wildman–Crippen MR) is 74.0 cm³/mol. The van der Waals surface area contributed by atoms with E-state index in [4.69, 9.17) is 0 Å². The van der Waals surface area contributed by atoms with Crippen LogP contribution in [0.25, 0.3) is 0 Å². The molecular formula is C15H22N2O. The molecule has 1 fully saturated rings. The molecule has 0 radical (unpaired) electrons. The molecule has 1 heterocycles. The van der Waals surface area contributed by atoms with Gasteiger partial charge in [0.1, 0.15) is 0 Å². The third-order valence-corrected chi connectivity index (χ3v) is 3.80. The van der Waals surface area contributed by atoms with Crippen LogP contribution in [-0.4, -0.2) is 54.9 Å². The number of carbonyl (C=O) groups is 1. The summed E-state index contributed by atoms with van der Waals surface area (Å²) < 4.78 is 0. The highest BCUT2D eigenvalue weighted by Crippen LogP contribution is 2.12. The van der Waals surface area contributed by atoms with Crippen LogP contribution in [0, 0.1) is 6.92 Å². The average molecular weight is 246 g/mol. The molecule has 3 heteroatoms. The lowest BCUT2D eigenvalue weighted by atomic mass is 10.0. The van der Waals surface area contributed by atoms with Crippen molar-refractivity contribution in [2.24, 2.45) is 0 Å². The van der Waals surface area contributed by atoms with Crippen molar-refractivity contribution in [3.8, 4) is 0 Å². The highest BCUT2D eigenvalue weighted by atomic mass is 16.1. The zero-order chi connectivity index (χ0) is 13.1. The number of hydrogen-bond donors (Lipinski definition) is 0. The van der Waals surface area contributed by atoms with E-state index in [1.807, 2.05) is 38.1 Å². The summed E-state index contributed by atoms with van der Waals surface area (Å²) in [5.74, 6) is 0.236. The molecule has 1 unspecified atom stereocenters. The van der Waals surface area contributed by atoms with Crippen LogP contribution in [0.4, 0.5) is 0 Å². The van der Waals surface area contributed by atoms with Crippen molar-refractivity contribution >= 4 is 5.78 Å². The van der Waals surface area contributed by atoms with Crippen molar-refractivity contribution in [3.05, 3.63) is 35.4 Å². The summed E-state index contributed by atoms with van der Waals surface area (Å²) in [6.45, 7) is 8.12. The van der Waals surface area contributed by atoms with Gasteiger partial charge in [-0.15, -0.1) is 0 Å². The molecule has 0 aromatic heterocycles. The Kier molecular flexibility index (Phi) is 4.15. The quantitative estimate of drug-likeness (QED) is 0.760. The monoisotopic (exact) mass is 246 g/mol. The standard InChI is InChI=1S/C15H22N2O/c1-12-4-6-14(7-5-12)15(18)13(2)17-10-8-16(3)9-11-17/h4-7,13H,8-11H2,1-3H3. The lowest BCUT2D eigenvalue weighted by Gasteiger charge is -2.35. The number of benzene rings is 1. The second-order valence-electron chi connectivity index (χ2n) is 5.25. The van der Waals surface area contributed by atoms with E-state index in [-0.39, 0.29) is 11.8 Å². The number of ketones is 1. The maximum absolute atomic E-state index is 12.4. The Morgan fingerprint density at radius 3 is 2.22 bits per heavy atom. The highest BCUT2D eigenvalue weighted by molar-refractivity contribution is 5.99. The van der Waals surface area contributed by atoms with Crippen LogP contribution in [0.5, 0.6) is 0 Å². The van der Waals surface area contributed by atoms with Crippen LogP contribution in [0.2, 0.25) is 0 Å². The summed E-state index contributed by atoms with van der Waals surface area (Å²) in [6, 6.07) is 7.86. The molecule has 98 valence electrons. The highest BCUT2D eigenvalue weighted by Gasteiger charge is 2.24. The Bertz CT molecular complexity index is 405. The Balaban J connectivity index is 2.02. The number of rotatable bonds is 3. The number of carbonyl (C=O) groups excluding carboxylic acids is 1. The minimum atomic E-state index is -0.0126. The van der Waals surface area contributed by atoms with Crippen molar-refractivity contribution in [1.29, 1.82) is 0 Å². The third kappa shape index (κ3) is 2.98. The van der Waals surface area contributed by atoms with Gasteiger partial charge in [0.2, 0.25) is 0 Å². The van der Waals surface area contributed by atoms with Crippen LogP contribution in [0.3, 0.4) is 0 Å². The Morgan fingerprint density at radius 1 is 1.11 bits per heavy atom. The number of aryl methyl sites for hydroxylation is 1. The van der Waals surface area contributed by atoms with E-state index in [0.29, 0.717) is 0 Å². The van der Waals surface area contributed by atoms with E-state index in [0.717, 1.165) is 31.7 Å². The molecule has 1 aromatic rings. The van der Waals surface area contributed by atoms with Crippen LogP contribution in [0.15, 0.2) is 24.3 Å². The van der Waals surface area contributed by atoms with Gasteiger partial charge in [0, 0.05) is 31.7 Å². The summed E-state index contributed by atoms with van der Waals surface area (Å²) in [5.41, 5.74) is 2.02. The summed E-state index contributed by atoms with van der Waals surface area (Å²) in [7, 11) is 2.13. The SMILES string of the molecule is Cc1ccc(C(=O)C(C)N2CCN(C)CC2)cc1. The summed E-state index contributed by atoms with van der Waals surface area (Å²) in [5, 5.41) is 0. The van der Waals surface area contributed by atoms with Gasteiger partial charge in [-0.25, -0.2) is 0 Å². The largest absolute Gasteiger partial charge is 0.304 e. The van der Waals surface area contributed by atoms with Gasteiger partial charge in [-0.3, -0.25) is 9.69 Å². The van der Waals surface area contributed by atoms with Gasteiger partial charge in [0.15, 0.2) is 5.78 Å². The lowest BCUT2D eigenvalue weighted by molar-refractivity contribution is 0.0738. The van der Waals surface area contributed by atoms with Gasteiger partial charge in [0.05, 0.1) is 6.04 Å². The second kappa shape index (κ2) is 5.63. The first kappa shape index (κ1) is 13.2. The maximum Gasteiger partial charge on any atom is 0.179 e. The van der Waals surface area contributed by atoms with Crippen molar-refractivity contribution in [2.75, 3.05) is 33.2 Å². The predicted octanol–water partition coefficient (Wildman–Crippen LogP) is 1.81. The number of piperazine rings is 1. The molecule has 1 aliphatic heterocycles. The van der Waals surface area contributed by atoms with Crippen LogP contribution in [-0.2, 0) is 0 Å². The first-order valence-electron chi connectivity index (χ1n) is 6.61. The Hall–Kier alpha value is -1.19. The Labute approximate surface area is 109 Å². The van der Waals surface area contributed by atoms with Gasteiger partial charge < -0.3 is 4.90 Å². The molecule has 0 saturated carbocycles. The molecule has 0 aliphatic carbocycles. The molecule has 1 saturated heterocycles. The second-order valence-corrected chi connectivity index (χ2v) is 5.25. The zero-order valence-electron chi connectivity index (χ0n) is 11.5. The molecule has 3 nitrogen and oxygen atoms in total. The molecule has 2 rings (SSSR count). The maximum atomic E-state index is 12.4. The van der Waals surface area contributed by atoms with Crippen LogP contribution in [0.1, 0.15) is 22.8 Å². The molecular weight excluding hydrogens is 224 g/mol. The molecule has 0 bridgehead atoms. The number of hydrogen-bond acceptors (Lipinski definition) is 3. The summed E-state index contributed by atoms with van der Waals surface area (Å²) in [4.78, 5) is 17.0. The van der Waals surface area contributed by atoms with E-state index in [1.165, 1.54) is 5.56 Å². The van der Waals surface area contributed by atoms with Crippen molar-refractivity contribution in [1.82, 2.24) is 9.80 Å². The van der Waals surface area contributed by atoms with Crippen molar-refractivity contribution in [2.45, 2.75) is 19.9 Å². The lowest BCUT2D eigenvalue weighted by Crippen LogP contribution is -2.50. The topological polar surface area (TPSA) is 23.6 Å². The van der Waals surface area contributed by atoms with Gasteiger partial charge in [-0.1, -0.05) is 29.8 Å². The number of nitrogens with zero attached hydrogens (tertiary/aromatic N) is 2. The van der Waals surface area contributed by atoms with Crippen LogP contribution >= 0.6 is 0 Å². The van der Waals surface area contributed by atoms with E-state index >= 15 is 0 Å². The minimum Gasteiger partial charge on any atom is -0.304 e. The first-order valence-corrected chi connectivity index (χ1v) is 6.61. The third-order valence-electron chi connectivity index (χ3n) is 3.80. The molecule has 1 aliphatic rings. The normalized spacial score (nSPS) is 19.7. The fourth-order valence-electron chi connectivity index (χ4n) is 2.33. The van der Waals surface area contributed by atoms with Crippen molar-refractivity contribution < 1.29 is 4.79 Å². The average Bonchev–Trinajstić information content (AvgIpc) is 2.39.